The highest BCUT2D eigenvalue weighted by Crippen LogP contribution is 2.25. The number of carbonyl (C=O) groups excluding carboxylic acids is 1. The Kier molecular flexibility index (Phi) is 5.85. The summed E-state index contributed by atoms with van der Waals surface area (Å²) in [6, 6.07) is 7.00. The number of halogens is 1. The van der Waals surface area contributed by atoms with Crippen LogP contribution in [0.15, 0.2) is 24.3 Å². The number of carbonyl (C=O) groups is 1. The fourth-order valence-electron chi connectivity index (χ4n) is 3.86. The van der Waals surface area contributed by atoms with Crippen LogP contribution in [0.2, 0.25) is 0 Å². The molecule has 158 valence electrons. The number of fused-ring (bicyclic) bond motifs is 1. The van der Waals surface area contributed by atoms with Crippen LogP contribution in [0, 0.1) is 12.7 Å². The first-order valence-electron chi connectivity index (χ1n) is 10.3. The van der Waals surface area contributed by atoms with E-state index in [2.05, 4.69) is 17.0 Å². The molecule has 0 radical (unpaired) electrons. The maximum atomic E-state index is 13.6. The van der Waals surface area contributed by atoms with E-state index in [0.717, 1.165) is 48.3 Å². The van der Waals surface area contributed by atoms with Gasteiger partial charge in [0.15, 0.2) is 5.13 Å². The van der Waals surface area contributed by atoms with Gasteiger partial charge < -0.3 is 10.6 Å². The molecule has 3 aromatic rings. The second kappa shape index (κ2) is 8.55. The molecule has 6 nitrogen and oxygen atoms in total. The number of thiazole rings is 1. The highest BCUT2D eigenvalue weighted by Gasteiger charge is 2.22. The third-order valence-corrected chi connectivity index (χ3v) is 6.47. The predicted octanol–water partition coefficient (Wildman–Crippen LogP) is 3.62. The van der Waals surface area contributed by atoms with Gasteiger partial charge in [0.2, 0.25) is 5.91 Å². The average molecular weight is 428 g/mol. The number of nitrogen functional groups attached to an aromatic ring is 1. The predicted molar refractivity (Wildman–Crippen MR) is 117 cm³/mol. The highest BCUT2D eigenvalue weighted by molar-refractivity contribution is 7.15. The number of benzene rings is 1. The van der Waals surface area contributed by atoms with Crippen LogP contribution in [0.4, 0.5) is 9.52 Å². The van der Waals surface area contributed by atoms with Gasteiger partial charge in [-0.15, -0.1) is 11.3 Å². The number of amides is 1. The standard InChI is InChI=1S/C22H26FN5OS/c1-3-4-16-12-19(15-5-6-17(23)14(2)11-15)26-28(16)13-21(29)27-9-7-18-20(8-10-27)30-22(24)25-18/h5-6,11-12H,3-4,7-10,13H2,1-2H3,(H2,24,25). The molecular weight excluding hydrogens is 401 g/mol. The lowest BCUT2D eigenvalue weighted by Crippen LogP contribution is -2.36. The topological polar surface area (TPSA) is 77.0 Å². The number of nitrogens with two attached hydrogens (primary N) is 1. The first-order chi connectivity index (χ1) is 14.4. The molecule has 0 bridgehead atoms. The summed E-state index contributed by atoms with van der Waals surface area (Å²) in [4.78, 5) is 20.5. The van der Waals surface area contributed by atoms with E-state index in [0.29, 0.717) is 23.8 Å². The summed E-state index contributed by atoms with van der Waals surface area (Å²) in [5.41, 5.74) is 10.1. The Labute approximate surface area is 179 Å². The van der Waals surface area contributed by atoms with Gasteiger partial charge in [0.1, 0.15) is 12.4 Å². The summed E-state index contributed by atoms with van der Waals surface area (Å²) in [7, 11) is 0. The maximum absolute atomic E-state index is 13.6. The van der Waals surface area contributed by atoms with Crippen molar-refractivity contribution in [1.82, 2.24) is 19.7 Å². The van der Waals surface area contributed by atoms with Crippen LogP contribution in [0.25, 0.3) is 11.3 Å². The first-order valence-corrected chi connectivity index (χ1v) is 11.1. The Morgan fingerprint density at radius 2 is 2.07 bits per heavy atom. The van der Waals surface area contributed by atoms with Crippen LogP contribution in [-0.2, 0) is 30.6 Å². The molecule has 0 fully saturated rings. The minimum Gasteiger partial charge on any atom is -0.375 e. The van der Waals surface area contributed by atoms with Gasteiger partial charge in [-0.1, -0.05) is 13.3 Å². The van der Waals surface area contributed by atoms with Crippen LogP contribution in [0.1, 0.15) is 35.2 Å². The lowest BCUT2D eigenvalue weighted by Gasteiger charge is -2.20. The van der Waals surface area contributed by atoms with Gasteiger partial charge in [-0.2, -0.15) is 5.10 Å². The van der Waals surface area contributed by atoms with Gasteiger partial charge in [0.25, 0.3) is 0 Å². The zero-order valence-corrected chi connectivity index (χ0v) is 18.1. The van der Waals surface area contributed by atoms with Crippen molar-refractivity contribution in [2.75, 3.05) is 18.8 Å². The van der Waals surface area contributed by atoms with Crippen molar-refractivity contribution in [3.05, 3.63) is 51.9 Å². The number of rotatable bonds is 5. The summed E-state index contributed by atoms with van der Waals surface area (Å²) in [5, 5.41) is 5.29. The minimum absolute atomic E-state index is 0.0559. The number of anilines is 1. The minimum atomic E-state index is -0.229. The Morgan fingerprint density at radius 3 is 2.83 bits per heavy atom. The molecule has 2 aromatic heterocycles. The smallest absolute Gasteiger partial charge is 0.244 e. The normalized spacial score (nSPS) is 13.9. The molecule has 0 aliphatic carbocycles. The third-order valence-electron chi connectivity index (χ3n) is 5.48. The molecule has 0 saturated carbocycles. The monoisotopic (exact) mass is 427 g/mol. The van der Waals surface area contributed by atoms with Crippen molar-refractivity contribution >= 4 is 22.4 Å². The Bertz CT molecular complexity index is 1050. The van der Waals surface area contributed by atoms with Gasteiger partial charge in [0, 0.05) is 42.1 Å². The molecule has 1 aromatic carbocycles. The summed E-state index contributed by atoms with van der Waals surface area (Å²) < 4.78 is 15.4. The van der Waals surface area contributed by atoms with E-state index in [9.17, 15) is 9.18 Å². The molecule has 3 heterocycles. The summed E-state index contributed by atoms with van der Waals surface area (Å²) in [6.07, 6.45) is 3.31. The van der Waals surface area contributed by atoms with Crippen molar-refractivity contribution < 1.29 is 9.18 Å². The van der Waals surface area contributed by atoms with E-state index in [4.69, 9.17) is 5.73 Å². The zero-order chi connectivity index (χ0) is 21.3. The van der Waals surface area contributed by atoms with Crippen LogP contribution >= 0.6 is 11.3 Å². The summed E-state index contributed by atoms with van der Waals surface area (Å²) in [6.45, 7) is 5.36. The van der Waals surface area contributed by atoms with Crippen molar-refractivity contribution in [3.8, 4) is 11.3 Å². The fourth-order valence-corrected chi connectivity index (χ4v) is 4.72. The second-order valence-electron chi connectivity index (χ2n) is 7.70. The Morgan fingerprint density at radius 1 is 1.27 bits per heavy atom. The van der Waals surface area contributed by atoms with E-state index in [-0.39, 0.29) is 18.3 Å². The summed E-state index contributed by atoms with van der Waals surface area (Å²) in [5.74, 6) is -0.173. The quantitative estimate of drug-likeness (QED) is 0.675. The number of nitrogens with zero attached hydrogens (tertiary/aromatic N) is 4. The molecule has 8 heteroatoms. The zero-order valence-electron chi connectivity index (χ0n) is 17.3. The lowest BCUT2D eigenvalue weighted by molar-refractivity contribution is -0.132. The van der Waals surface area contributed by atoms with E-state index < -0.39 is 0 Å². The second-order valence-corrected chi connectivity index (χ2v) is 8.81. The molecule has 30 heavy (non-hydrogen) atoms. The third kappa shape index (κ3) is 4.23. The van der Waals surface area contributed by atoms with E-state index in [1.54, 1.807) is 23.7 Å². The van der Waals surface area contributed by atoms with Gasteiger partial charge in [-0.05, 0) is 43.2 Å². The molecule has 0 atom stereocenters. The first kappa shape index (κ1) is 20.5. The van der Waals surface area contributed by atoms with Crippen LogP contribution in [0.5, 0.6) is 0 Å². The molecule has 0 unspecified atom stereocenters. The lowest BCUT2D eigenvalue weighted by atomic mass is 10.1. The van der Waals surface area contributed by atoms with Gasteiger partial charge in [0.05, 0.1) is 11.4 Å². The number of aromatic nitrogens is 3. The number of hydrogen-bond donors (Lipinski definition) is 1. The van der Waals surface area contributed by atoms with Crippen LogP contribution < -0.4 is 5.73 Å². The molecular formula is C22H26FN5OS. The molecule has 1 aliphatic rings. The van der Waals surface area contributed by atoms with Crippen molar-refractivity contribution in [1.29, 1.82) is 0 Å². The maximum Gasteiger partial charge on any atom is 0.244 e. The van der Waals surface area contributed by atoms with Gasteiger partial charge in [-0.3, -0.25) is 9.48 Å². The van der Waals surface area contributed by atoms with Crippen LogP contribution in [0.3, 0.4) is 0 Å². The largest absolute Gasteiger partial charge is 0.375 e. The van der Waals surface area contributed by atoms with Crippen molar-refractivity contribution in [2.45, 2.75) is 46.1 Å². The Balaban J connectivity index is 1.51. The van der Waals surface area contributed by atoms with Crippen molar-refractivity contribution in [3.63, 3.8) is 0 Å². The molecule has 2 N–H and O–H groups in total. The SMILES string of the molecule is CCCc1cc(-c2ccc(F)c(C)c2)nn1CC(=O)N1CCc2nc(N)sc2CC1. The highest BCUT2D eigenvalue weighted by atomic mass is 32.1. The molecule has 4 rings (SSSR count). The summed E-state index contributed by atoms with van der Waals surface area (Å²) >= 11 is 1.52. The fraction of sp³-hybridized carbons (Fsp3) is 0.409. The number of aryl methyl sites for hydroxylation is 2. The van der Waals surface area contributed by atoms with Crippen molar-refractivity contribution in [2.24, 2.45) is 0 Å². The number of hydrogen-bond acceptors (Lipinski definition) is 5. The van der Waals surface area contributed by atoms with E-state index in [1.165, 1.54) is 22.3 Å². The molecule has 1 aliphatic heterocycles. The van der Waals surface area contributed by atoms with Gasteiger partial charge in [-0.25, -0.2) is 9.37 Å². The Hall–Kier alpha value is -2.74. The molecule has 0 saturated heterocycles. The molecule has 0 spiro atoms. The van der Waals surface area contributed by atoms with E-state index in [1.807, 2.05) is 11.0 Å². The van der Waals surface area contributed by atoms with Crippen LogP contribution in [-0.4, -0.2) is 38.7 Å². The van der Waals surface area contributed by atoms with Gasteiger partial charge >= 0.3 is 0 Å². The average Bonchev–Trinajstić information content (AvgIpc) is 3.21. The van der Waals surface area contributed by atoms with E-state index >= 15 is 0 Å². The molecule has 1 amide bonds.